The number of alkyl halides is 3. The van der Waals surface area contributed by atoms with Gasteiger partial charge in [0.15, 0.2) is 12.4 Å². The van der Waals surface area contributed by atoms with Crippen molar-refractivity contribution < 1.29 is 65.9 Å². The molecule has 3 N–H and O–H groups in total. The molecule has 1 spiro atoms. The Morgan fingerprint density at radius 2 is 1.71 bits per heavy atom. The first-order chi connectivity index (χ1) is 26.4. The maximum absolute atomic E-state index is 13.5. The highest BCUT2D eigenvalue weighted by atomic mass is 19.4. The maximum Gasteiger partial charge on any atom is 0.422 e. The molecule has 2 aromatic carbocycles. The lowest BCUT2D eigenvalue weighted by molar-refractivity contribution is -0.182. The van der Waals surface area contributed by atoms with Crippen LogP contribution in [0, 0.1) is 0 Å². The summed E-state index contributed by atoms with van der Waals surface area (Å²) in [4.78, 5) is 63.4. The maximum atomic E-state index is 13.5. The Morgan fingerprint density at radius 1 is 1.00 bits per heavy atom. The van der Waals surface area contributed by atoms with Gasteiger partial charge in [0.05, 0.1) is 18.2 Å². The molecule has 1 heterocycles. The summed E-state index contributed by atoms with van der Waals surface area (Å²) < 4.78 is 65.5. The third kappa shape index (κ3) is 12.0. The molecule has 13 nitrogen and oxygen atoms in total. The van der Waals surface area contributed by atoms with Gasteiger partial charge in [0.1, 0.15) is 23.9 Å². The zero-order valence-electron chi connectivity index (χ0n) is 31.2. The zero-order chi connectivity index (χ0) is 40.7. The number of benzene rings is 2. The summed E-state index contributed by atoms with van der Waals surface area (Å²) in [6, 6.07) is 12.9. The molecule has 1 saturated heterocycles. The van der Waals surface area contributed by atoms with E-state index in [-0.39, 0.29) is 43.4 Å². The Labute approximate surface area is 321 Å². The Hall–Kier alpha value is -5.06. The van der Waals surface area contributed by atoms with Gasteiger partial charge < -0.3 is 39.4 Å². The standard InChI is InChI=1S/C40H45F3N2O11/c1-38(2,3)55-34(49)14-12-29(22-46)45-32(47)15-16-44-36(50)28-18-30(35-31(19-28)54-39(56-35)20-26-8-4-5-9-27(26)21-39)53-37(51)25-10-6-7-24(17-25)11-13-33(48)52-23-40(41,42)43/h4-11,13,17,19,29-31,35,46H,12,14-16,18,20-23H2,1-3H3,(H,44,50)(H,45,47). The topological polar surface area (TPSA) is 176 Å². The first-order valence-electron chi connectivity index (χ1n) is 18.2. The predicted octanol–water partition coefficient (Wildman–Crippen LogP) is 4.05. The van der Waals surface area contributed by atoms with Crippen molar-refractivity contribution in [3.63, 3.8) is 0 Å². The number of carbonyl (C=O) groups excluding carboxylic acids is 5. The first-order valence-corrected chi connectivity index (χ1v) is 18.2. The number of esters is 3. The molecule has 2 amide bonds. The SMILES string of the molecule is CC(C)(C)OC(=O)CCC(CO)NC(=O)CCNC(=O)C1=CC2OC3(Cc4ccccc4C3)OC2C(OC(=O)c2cccc(C=CC(=O)OCC(F)(F)F)c2)C1. The molecule has 1 fully saturated rings. The molecule has 2 aliphatic carbocycles. The van der Waals surface area contributed by atoms with Crippen molar-refractivity contribution >= 4 is 35.8 Å². The van der Waals surface area contributed by atoms with E-state index in [2.05, 4.69) is 15.4 Å². The van der Waals surface area contributed by atoms with Gasteiger partial charge in [-0.3, -0.25) is 14.4 Å². The van der Waals surface area contributed by atoms with Crippen molar-refractivity contribution in [2.75, 3.05) is 19.8 Å². The summed E-state index contributed by atoms with van der Waals surface area (Å²) in [7, 11) is 0. The molecule has 5 rings (SSSR count). The molecule has 16 heteroatoms. The normalized spacial score (nSPS) is 20.4. The third-order valence-corrected chi connectivity index (χ3v) is 9.02. The van der Waals surface area contributed by atoms with E-state index in [1.807, 2.05) is 24.3 Å². The predicted molar refractivity (Wildman–Crippen MR) is 192 cm³/mol. The largest absolute Gasteiger partial charge is 0.460 e. The summed E-state index contributed by atoms with van der Waals surface area (Å²) in [5, 5.41) is 15.1. The Balaban J connectivity index is 1.22. The molecule has 0 saturated carbocycles. The Morgan fingerprint density at radius 3 is 2.38 bits per heavy atom. The number of amides is 2. The highest BCUT2D eigenvalue weighted by Gasteiger charge is 2.55. The average Bonchev–Trinajstić information content (AvgIpc) is 3.68. The minimum Gasteiger partial charge on any atom is -0.460 e. The minimum atomic E-state index is -4.68. The van der Waals surface area contributed by atoms with Gasteiger partial charge in [-0.05, 0) is 68.2 Å². The van der Waals surface area contributed by atoms with E-state index in [1.54, 1.807) is 26.8 Å². The number of rotatable bonds is 14. The molecule has 4 atom stereocenters. The number of fused-ring (bicyclic) bond motifs is 2. The van der Waals surface area contributed by atoms with E-state index in [1.165, 1.54) is 30.3 Å². The fraction of sp³-hybridized carbons (Fsp3) is 0.475. The van der Waals surface area contributed by atoms with Gasteiger partial charge >= 0.3 is 24.1 Å². The average molecular weight is 787 g/mol. The van der Waals surface area contributed by atoms with Gasteiger partial charge in [-0.15, -0.1) is 0 Å². The van der Waals surface area contributed by atoms with Crippen LogP contribution in [0.4, 0.5) is 13.2 Å². The summed E-state index contributed by atoms with van der Waals surface area (Å²) in [5.74, 6) is -4.49. The van der Waals surface area contributed by atoms with Gasteiger partial charge in [-0.2, -0.15) is 13.2 Å². The highest BCUT2D eigenvalue weighted by molar-refractivity contribution is 5.95. The summed E-state index contributed by atoms with van der Waals surface area (Å²) in [6.45, 7) is 3.01. The number of hydrogen-bond acceptors (Lipinski definition) is 11. The Bertz CT molecular complexity index is 1830. The van der Waals surface area contributed by atoms with E-state index < -0.39 is 84.9 Å². The van der Waals surface area contributed by atoms with E-state index in [9.17, 15) is 42.3 Å². The monoisotopic (exact) mass is 786 g/mol. The number of ether oxygens (including phenoxy) is 5. The first kappa shape index (κ1) is 42.1. The fourth-order valence-corrected chi connectivity index (χ4v) is 6.60. The second kappa shape index (κ2) is 17.8. The lowest BCUT2D eigenvalue weighted by Crippen LogP contribution is -2.44. The molecule has 0 aromatic heterocycles. The molecular weight excluding hydrogens is 741 g/mol. The Kier molecular flexibility index (Phi) is 13.4. The van der Waals surface area contributed by atoms with Crippen LogP contribution in [0.25, 0.3) is 6.08 Å². The molecule has 1 aliphatic heterocycles. The van der Waals surface area contributed by atoms with E-state index in [0.717, 1.165) is 17.2 Å². The lowest BCUT2D eigenvalue weighted by Gasteiger charge is -2.30. The summed E-state index contributed by atoms with van der Waals surface area (Å²) in [5.41, 5.74) is 2.03. The van der Waals surface area contributed by atoms with Crippen LogP contribution in [-0.4, -0.2) is 96.5 Å². The number of aliphatic hydroxyl groups excluding tert-OH is 1. The van der Waals surface area contributed by atoms with Crippen LogP contribution in [0.15, 0.2) is 66.3 Å². The number of aliphatic hydroxyl groups is 1. The molecule has 4 unspecified atom stereocenters. The van der Waals surface area contributed by atoms with Gasteiger partial charge in [0.25, 0.3) is 0 Å². The zero-order valence-corrected chi connectivity index (χ0v) is 31.2. The van der Waals surface area contributed by atoms with Gasteiger partial charge in [-0.25, -0.2) is 9.59 Å². The van der Waals surface area contributed by atoms with Crippen LogP contribution in [0.2, 0.25) is 0 Å². The molecule has 0 radical (unpaired) electrons. The van der Waals surface area contributed by atoms with Crippen molar-refractivity contribution in [2.24, 2.45) is 0 Å². The van der Waals surface area contributed by atoms with Gasteiger partial charge in [0, 0.05) is 50.3 Å². The van der Waals surface area contributed by atoms with Crippen LogP contribution >= 0.6 is 0 Å². The summed E-state index contributed by atoms with van der Waals surface area (Å²) >= 11 is 0. The molecule has 302 valence electrons. The second-order valence-electron chi connectivity index (χ2n) is 14.8. The second-order valence-corrected chi connectivity index (χ2v) is 14.8. The number of carbonyl (C=O) groups is 5. The molecule has 56 heavy (non-hydrogen) atoms. The molecule has 3 aliphatic rings. The van der Waals surface area contributed by atoms with Crippen molar-refractivity contribution in [2.45, 2.75) is 101 Å². The van der Waals surface area contributed by atoms with Crippen LogP contribution in [0.3, 0.4) is 0 Å². The smallest absolute Gasteiger partial charge is 0.422 e. The molecule has 2 aromatic rings. The fourth-order valence-electron chi connectivity index (χ4n) is 6.60. The number of halogens is 3. The summed E-state index contributed by atoms with van der Waals surface area (Å²) in [6.07, 6.45) is -2.74. The highest BCUT2D eigenvalue weighted by Crippen LogP contribution is 2.45. The van der Waals surface area contributed by atoms with Crippen molar-refractivity contribution in [3.8, 4) is 0 Å². The van der Waals surface area contributed by atoms with Crippen LogP contribution in [0.5, 0.6) is 0 Å². The van der Waals surface area contributed by atoms with Crippen LogP contribution < -0.4 is 10.6 Å². The van der Waals surface area contributed by atoms with Crippen molar-refractivity contribution in [1.29, 1.82) is 0 Å². The van der Waals surface area contributed by atoms with E-state index in [0.29, 0.717) is 18.4 Å². The quantitative estimate of drug-likeness (QED) is 0.143. The van der Waals surface area contributed by atoms with Gasteiger partial charge in [-0.1, -0.05) is 36.4 Å². The number of nitrogens with one attached hydrogen (secondary N) is 2. The minimum absolute atomic E-state index is 0.00595. The van der Waals surface area contributed by atoms with Gasteiger partial charge in [0.2, 0.25) is 11.8 Å². The van der Waals surface area contributed by atoms with Crippen LogP contribution in [0.1, 0.15) is 73.5 Å². The lowest BCUT2D eigenvalue weighted by atomic mass is 9.91. The molecular formula is C40H45F3N2O11. The van der Waals surface area contributed by atoms with Crippen molar-refractivity contribution in [1.82, 2.24) is 10.6 Å². The third-order valence-electron chi connectivity index (χ3n) is 9.02. The van der Waals surface area contributed by atoms with E-state index >= 15 is 0 Å². The van der Waals surface area contributed by atoms with Crippen LogP contribution in [-0.2, 0) is 55.7 Å². The van der Waals surface area contributed by atoms with E-state index in [4.69, 9.17) is 18.9 Å². The molecule has 0 bridgehead atoms. The van der Waals surface area contributed by atoms with Crippen molar-refractivity contribution in [3.05, 3.63) is 88.5 Å². The number of hydrogen-bond donors (Lipinski definition) is 3.